The Balaban J connectivity index is 0. The van der Waals surface area contributed by atoms with E-state index in [1.54, 1.807) is 0 Å². The van der Waals surface area contributed by atoms with E-state index in [1.807, 2.05) is 0 Å². The number of hydrogen-bond acceptors (Lipinski definition) is 5. The number of sulfonamides is 1. The Hall–Kier alpha value is -0.600. The number of rotatable bonds is 3. The summed E-state index contributed by atoms with van der Waals surface area (Å²) in [5, 5.41) is -6.42. The maximum atomic E-state index is 12.0. The first-order valence-electron chi connectivity index (χ1n) is 2.63. The molecule has 0 amide bonds. The Morgan fingerprint density at radius 3 is 1.38 bits per heavy atom. The van der Waals surface area contributed by atoms with Crippen LogP contribution in [0.1, 0.15) is 0 Å². The molecule has 100 valence electrons. The molecule has 0 saturated carbocycles. The van der Waals surface area contributed by atoms with Crippen LogP contribution in [0.15, 0.2) is 0 Å². The maximum Gasteiger partial charge on any atom is 0.471 e. The third-order valence-electron chi connectivity index (χ3n) is 0.877. The fourth-order valence-electron chi connectivity index (χ4n) is 0.336. The van der Waals surface area contributed by atoms with Crippen LogP contribution in [0.2, 0.25) is 0 Å². The predicted octanol–water partition coefficient (Wildman–Crippen LogP) is 0.437. The van der Waals surface area contributed by atoms with Gasteiger partial charge in [0, 0.05) is 0 Å². The van der Waals surface area contributed by atoms with E-state index in [2.05, 4.69) is 0 Å². The normalized spacial score (nSPS) is 14.4. The smallest absolute Gasteiger partial charge is 0.344 e. The van der Waals surface area contributed by atoms with Crippen molar-refractivity contribution < 1.29 is 42.7 Å². The van der Waals surface area contributed by atoms with Crippen molar-refractivity contribution in [1.29, 1.82) is 0 Å². The highest BCUT2D eigenvalue weighted by Crippen LogP contribution is 2.39. The van der Waals surface area contributed by atoms with Crippen LogP contribution in [-0.2, 0) is 20.4 Å². The molecule has 0 rings (SSSR count). The summed E-state index contributed by atoms with van der Waals surface area (Å²) in [6, 6.07) is 0. The Kier molecular flexibility index (Phi) is 4.83. The molecule has 16 heavy (non-hydrogen) atoms. The first-order valence-corrected chi connectivity index (χ1v) is 5.49. The van der Waals surface area contributed by atoms with E-state index in [9.17, 15) is 42.7 Å². The molecule has 0 aromatic carbocycles. The lowest BCUT2D eigenvalue weighted by Crippen LogP contribution is -2.50. The van der Waals surface area contributed by atoms with Crippen molar-refractivity contribution in [2.75, 3.05) is 0 Å². The SMILES string of the molecule is N.O=S(=O)(F)NS(=O)(=O)C(F)(F)C(F)(F)F. The van der Waals surface area contributed by atoms with Gasteiger partial charge in [0.15, 0.2) is 0 Å². The van der Waals surface area contributed by atoms with Crippen LogP contribution in [0.3, 0.4) is 0 Å². The molecule has 0 aromatic heterocycles. The number of alkyl halides is 5. The van der Waals surface area contributed by atoms with Crippen LogP contribution < -0.4 is 10.3 Å². The summed E-state index contributed by atoms with van der Waals surface area (Å²) in [6.45, 7) is 0. The van der Waals surface area contributed by atoms with Crippen molar-refractivity contribution in [2.24, 2.45) is 0 Å². The highest BCUT2D eigenvalue weighted by Gasteiger charge is 2.68. The predicted molar refractivity (Wildman–Crippen MR) is 38.1 cm³/mol. The molecule has 0 fully saturated rings. The molecular weight excluding hydrogens is 294 g/mol. The molecule has 0 bridgehead atoms. The lowest BCUT2D eigenvalue weighted by Gasteiger charge is -2.18. The molecule has 0 unspecified atom stereocenters. The lowest BCUT2D eigenvalue weighted by atomic mass is 10.7. The summed E-state index contributed by atoms with van der Waals surface area (Å²) < 4.78 is 109. The Morgan fingerprint density at radius 1 is 0.875 bits per heavy atom. The maximum absolute atomic E-state index is 12.0. The quantitative estimate of drug-likeness (QED) is 0.579. The number of nitrogens with one attached hydrogen (secondary N) is 1. The second kappa shape index (κ2) is 4.34. The van der Waals surface area contributed by atoms with E-state index < -0.39 is 36.0 Å². The largest absolute Gasteiger partial charge is 0.471 e. The van der Waals surface area contributed by atoms with Gasteiger partial charge in [0.05, 0.1) is 0 Å². The van der Waals surface area contributed by atoms with Gasteiger partial charge in [-0.2, -0.15) is 30.4 Å². The number of hydrogen-bond donors (Lipinski definition) is 2. The lowest BCUT2D eigenvalue weighted by molar-refractivity contribution is -0.241. The molecule has 0 aromatic rings. The van der Waals surface area contributed by atoms with Gasteiger partial charge in [0.1, 0.15) is 0 Å². The van der Waals surface area contributed by atoms with Crippen LogP contribution in [0.5, 0.6) is 0 Å². The third kappa shape index (κ3) is 3.76. The topological polar surface area (TPSA) is 115 Å². The second-order valence-corrected chi connectivity index (χ2v) is 5.10. The highest BCUT2D eigenvalue weighted by atomic mass is 32.3. The molecule has 0 aliphatic rings. The van der Waals surface area contributed by atoms with Crippen LogP contribution in [0.25, 0.3) is 0 Å². The summed E-state index contributed by atoms with van der Waals surface area (Å²) in [5.41, 5.74) is 0. The summed E-state index contributed by atoms with van der Waals surface area (Å²) >= 11 is 0. The van der Waals surface area contributed by atoms with E-state index in [0.717, 1.165) is 0 Å². The molecular formula is C2H4F6N2O4S2. The summed E-state index contributed by atoms with van der Waals surface area (Å²) in [5.74, 6) is 0. The van der Waals surface area contributed by atoms with Gasteiger partial charge >= 0.3 is 31.9 Å². The molecule has 0 aliphatic heterocycles. The molecule has 0 spiro atoms. The van der Waals surface area contributed by atoms with Gasteiger partial charge in [-0.25, -0.2) is 8.42 Å². The van der Waals surface area contributed by atoms with Gasteiger partial charge in [-0.05, 0) is 0 Å². The van der Waals surface area contributed by atoms with Gasteiger partial charge in [0.25, 0.3) is 0 Å². The van der Waals surface area contributed by atoms with E-state index in [-0.39, 0.29) is 6.15 Å². The molecule has 14 heteroatoms. The zero-order chi connectivity index (χ0) is 12.7. The van der Waals surface area contributed by atoms with Crippen molar-refractivity contribution in [3.63, 3.8) is 0 Å². The minimum absolute atomic E-state index is 0. The van der Waals surface area contributed by atoms with E-state index >= 15 is 0 Å². The molecule has 0 atom stereocenters. The highest BCUT2D eigenvalue weighted by molar-refractivity contribution is 8.03. The van der Waals surface area contributed by atoms with Crippen LogP contribution in [0, 0.1) is 0 Å². The average Bonchev–Trinajstić information content (AvgIpc) is 1.77. The minimum atomic E-state index is -6.75. The zero-order valence-corrected chi connectivity index (χ0v) is 8.56. The van der Waals surface area contributed by atoms with Crippen molar-refractivity contribution in [2.45, 2.75) is 11.4 Å². The first-order chi connectivity index (χ1) is 6.21. The summed E-state index contributed by atoms with van der Waals surface area (Å²) in [4.78, 5) is 0. The summed E-state index contributed by atoms with van der Waals surface area (Å²) in [6.07, 6.45) is -6.57. The van der Waals surface area contributed by atoms with Gasteiger partial charge in [0.2, 0.25) is 0 Å². The molecule has 0 aliphatic carbocycles. The Bertz CT molecular complexity index is 436. The van der Waals surface area contributed by atoms with Gasteiger partial charge in [-0.15, -0.1) is 0 Å². The van der Waals surface area contributed by atoms with Crippen molar-refractivity contribution in [3.05, 3.63) is 0 Å². The van der Waals surface area contributed by atoms with Crippen LogP contribution in [-0.4, -0.2) is 28.3 Å². The minimum Gasteiger partial charge on any atom is -0.344 e. The molecule has 6 nitrogen and oxygen atoms in total. The number of halogens is 6. The van der Waals surface area contributed by atoms with E-state index in [4.69, 9.17) is 0 Å². The van der Waals surface area contributed by atoms with E-state index in [1.165, 1.54) is 0 Å². The fourth-order valence-corrected chi connectivity index (χ4v) is 2.11. The molecule has 0 heterocycles. The van der Waals surface area contributed by atoms with Gasteiger partial charge < -0.3 is 6.15 Å². The molecule has 0 radical (unpaired) electrons. The van der Waals surface area contributed by atoms with Crippen molar-refractivity contribution in [3.8, 4) is 0 Å². The second-order valence-electron chi connectivity index (χ2n) is 2.04. The Morgan fingerprint density at radius 2 is 1.19 bits per heavy atom. The molecule has 0 saturated heterocycles. The van der Waals surface area contributed by atoms with Gasteiger partial charge in [-0.1, -0.05) is 8.01 Å². The standard InChI is InChI=1S/C2HF6NO4S2.H3N/c3-1(4,5)2(6,7)14(10,11)9-15(8,12)13;/h9H;1H3. The zero-order valence-electron chi connectivity index (χ0n) is 6.92. The van der Waals surface area contributed by atoms with Crippen molar-refractivity contribution >= 4 is 20.4 Å². The monoisotopic (exact) mass is 298 g/mol. The third-order valence-corrected chi connectivity index (χ3v) is 3.46. The van der Waals surface area contributed by atoms with Gasteiger partial charge in [-0.3, -0.25) is 0 Å². The van der Waals surface area contributed by atoms with Crippen molar-refractivity contribution in [1.82, 2.24) is 10.3 Å². The summed E-state index contributed by atoms with van der Waals surface area (Å²) in [7, 11) is -13.0. The fraction of sp³-hybridized carbons (Fsp3) is 1.00. The van der Waals surface area contributed by atoms with Crippen LogP contribution in [0.4, 0.5) is 25.8 Å². The van der Waals surface area contributed by atoms with E-state index in [0.29, 0.717) is 0 Å². The first kappa shape index (κ1) is 17.8. The van der Waals surface area contributed by atoms with Crippen LogP contribution >= 0.6 is 0 Å². The average molecular weight is 298 g/mol. The molecule has 4 N–H and O–H groups in total. The Labute approximate surface area is 85.6 Å².